The van der Waals surface area contributed by atoms with Crippen LogP contribution >= 0.6 is 0 Å². The Morgan fingerprint density at radius 2 is 2.42 bits per heavy atom. The number of hydrogen-bond acceptors (Lipinski definition) is 4. The number of aromatic nitrogens is 3. The van der Waals surface area contributed by atoms with Crippen molar-refractivity contribution in [1.29, 1.82) is 0 Å². The van der Waals surface area contributed by atoms with Crippen LogP contribution in [0.15, 0.2) is 30.5 Å². The number of methoxy groups -OCH3 is 1. The fraction of sp³-hybridized carbons (Fsp3) is 0.308. The first kappa shape index (κ1) is 11.7. The van der Waals surface area contributed by atoms with E-state index in [0.29, 0.717) is 5.69 Å². The van der Waals surface area contributed by atoms with Gasteiger partial charge in [0.1, 0.15) is 5.75 Å². The molecule has 0 bridgehead atoms. The summed E-state index contributed by atoms with van der Waals surface area (Å²) in [7, 11) is 1.64. The first-order chi connectivity index (χ1) is 9.29. The first-order valence-electron chi connectivity index (χ1n) is 6.10. The van der Waals surface area contributed by atoms with Crippen molar-refractivity contribution in [3.63, 3.8) is 0 Å². The van der Waals surface area contributed by atoms with Crippen molar-refractivity contribution >= 4 is 5.91 Å². The highest BCUT2D eigenvalue weighted by Gasteiger charge is 2.34. The average molecular weight is 258 g/mol. The van der Waals surface area contributed by atoms with Crippen molar-refractivity contribution in [3.05, 3.63) is 41.7 Å². The molecule has 19 heavy (non-hydrogen) atoms. The molecule has 6 nitrogen and oxygen atoms in total. The molecule has 0 spiro atoms. The van der Waals surface area contributed by atoms with Gasteiger partial charge in [0.2, 0.25) is 0 Å². The summed E-state index contributed by atoms with van der Waals surface area (Å²) in [5, 5.41) is 9.95. The molecule has 1 atom stereocenters. The number of amides is 1. The van der Waals surface area contributed by atoms with E-state index in [1.54, 1.807) is 12.0 Å². The molecular weight excluding hydrogens is 244 g/mol. The molecule has 1 saturated heterocycles. The number of ether oxygens (including phenoxy) is 1. The van der Waals surface area contributed by atoms with Crippen molar-refractivity contribution in [2.45, 2.75) is 12.5 Å². The van der Waals surface area contributed by atoms with E-state index in [9.17, 15) is 4.79 Å². The predicted molar refractivity (Wildman–Crippen MR) is 67.8 cm³/mol. The van der Waals surface area contributed by atoms with Gasteiger partial charge in [0, 0.05) is 6.54 Å². The zero-order chi connectivity index (χ0) is 13.2. The highest BCUT2D eigenvalue weighted by molar-refractivity contribution is 5.92. The van der Waals surface area contributed by atoms with Gasteiger partial charge in [-0.1, -0.05) is 12.1 Å². The molecule has 0 saturated carbocycles. The molecular formula is C13H14N4O2. The minimum Gasteiger partial charge on any atom is -0.497 e. The number of likely N-dealkylation sites (tertiary alicyclic amines) is 1. The fourth-order valence-corrected chi connectivity index (χ4v) is 2.28. The van der Waals surface area contributed by atoms with Crippen molar-refractivity contribution < 1.29 is 9.53 Å². The number of carbonyl (C=O) groups is 1. The number of H-pyrrole nitrogens is 1. The van der Waals surface area contributed by atoms with Crippen LogP contribution in [0.1, 0.15) is 28.5 Å². The van der Waals surface area contributed by atoms with Crippen LogP contribution < -0.4 is 4.74 Å². The van der Waals surface area contributed by atoms with E-state index >= 15 is 0 Å². The summed E-state index contributed by atoms with van der Waals surface area (Å²) in [6.45, 7) is 0.744. The van der Waals surface area contributed by atoms with Gasteiger partial charge < -0.3 is 9.64 Å². The molecule has 3 rings (SSSR count). The third-order valence-corrected chi connectivity index (χ3v) is 3.39. The van der Waals surface area contributed by atoms with Gasteiger partial charge in [-0.3, -0.25) is 4.79 Å². The Morgan fingerprint density at radius 1 is 1.53 bits per heavy atom. The second kappa shape index (κ2) is 4.72. The van der Waals surface area contributed by atoms with Crippen LogP contribution in [0.5, 0.6) is 5.75 Å². The van der Waals surface area contributed by atoms with Gasteiger partial charge in [0.15, 0.2) is 5.69 Å². The summed E-state index contributed by atoms with van der Waals surface area (Å²) in [5.74, 6) is 0.714. The van der Waals surface area contributed by atoms with Gasteiger partial charge in [-0.15, -0.1) is 0 Å². The second-order valence-electron chi connectivity index (χ2n) is 4.43. The number of aromatic amines is 1. The summed E-state index contributed by atoms with van der Waals surface area (Å²) in [4.78, 5) is 14.0. The minimum absolute atomic E-state index is 0.0900. The SMILES string of the molecule is COc1cccc(C2CCN2C(=O)c2cn[nH]n2)c1. The smallest absolute Gasteiger partial charge is 0.276 e. The van der Waals surface area contributed by atoms with Crippen molar-refractivity contribution in [3.8, 4) is 5.75 Å². The second-order valence-corrected chi connectivity index (χ2v) is 4.43. The average Bonchev–Trinajstić information content (AvgIpc) is 2.91. The van der Waals surface area contributed by atoms with E-state index in [-0.39, 0.29) is 11.9 Å². The molecule has 1 aromatic heterocycles. The lowest BCUT2D eigenvalue weighted by molar-refractivity contribution is 0.0453. The summed E-state index contributed by atoms with van der Waals surface area (Å²) < 4.78 is 5.21. The summed E-state index contributed by atoms with van der Waals surface area (Å²) in [6.07, 6.45) is 2.40. The summed E-state index contributed by atoms with van der Waals surface area (Å²) in [6, 6.07) is 7.90. The molecule has 1 aliphatic heterocycles. The molecule has 1 amide bonds. The number of nitrogens with zero attached hydrogens (tertiary/aromatic N) is 3. The van der Waals surface area contributed by atoms with E-state index < -0.39 is 0 Å². The number of carbonyl (C=O) groups excluding carboxylic acids is 1. The van der Waals surface area contributed by atoms with Crippen LogP contribution in [0.25, 0.3) is 0 Å². The molecule has 2 aromatic rings. The number of hydrogen-bond donors (Lipinski definition) is 1. The molecule has 0 radical (unpaired) electrons. The monoisotopic (exact) mass is 258 g/mol. The largest absolute Gasteiger partial charge is 0.497 e. The van der Waals surface area contributed by atoms with Crippen LogP contribution in [-0.2, 0) is 0 Å². The molecule has 1 aliphatic rings. The zero-order valence-electron chi connectivity index (χ0n) is 10.5. The Morgan fingerprint density at radius 3 is 3.05 bits per heavy atom. The summed E-state index contributed by atoms with van der Waals surface area (Å²) >= 11 is 0. The van der Waals surface area contributed by atoms with E-state index in [0.717, 1.165) is 24.3 Å². The first-order valence-corrected chi connectivity index (χ1v) is 6.10. The maximum absolute atomic E-state index is 12.2. The number of benzene rings is 1. The van der Waals surface area contributed by atoms with Gasteiger partial charge in [-0.05, 0) is 24.1 Å². The van der Waals surface area contributed by atoms with Crippen LogP contribution in [0.3, 0.4) is 0 Å². The van der Waals surface area contributed by atoms with Crippen molar-refractivity contribution in [2.75, 3.05) is 13.7 Å². The molecule has 1 N–H and O–H groups in total. The molecule has 98 valence electrons. The molecule has 1 aromatic carbocycles. The van der Waals surface area contributed by atoms with Gasteiger partial charge in [-0.25, -0.2) is 0 Å². The zero-order valence-corrected chi connectivity index (χ0v) is 10.5. The summed E-state index contributed by atoms with van der Waals surface area (Å²) in [5.41, 5.74) is 1.44. The van der Waals surface area contributed by atoms with E-state index in [4.69, 9.17) is 4.74 Å². The third kappa shape index (κ3) is 2.05. The molecule has 1 fully saturated rings. The topological polar surface area (TPSA) is 71.1 Å². The van der Waals surface area contributed by atoms with Crippen molar-refractivity contribution in [1.82, 2.24) is 20.3 Å². The Bertz CT molecular complexity index is 582. The lowest BCUT2D eigenvalue weighted by atomic mass is 9.94. The molecule has 0 aliphatic carbocycles. The van der Waals surface area contributed by atoms with Gasteiger partial charge >= 0.3 is 0 Å². The van der Waals surface area contributed by atoms with E-state index in [1.165, 1.54) is 6.20 Å². The fourth-order valence-electron chi connectivity index (χ4n) is 2.28. The van der Waals surface area contributed by atoms with Crippen LogP contribution in [-0.4, -0.2) is 39.9 Å². The quantitative estimate of drug-likeness (QED) is 0.903. The van der Waals surface area contributed by atoms with Gasteiger partial charge in [-0.2, -0.15) is 15.4 Å². The Balaban J connectivity index is 1.80. The van der Waals surface area contributed by atoms with E-state index in [1.807, 2.05) is 24.3 Å². The van der Waals surface area contributed by atoms with Crippen LogP contribution in [0.4, 0.5) is 0 Å². The Hall–Kier alpha value is -2.37. The maximum Gasteiger partial charge on any atom is 0.276 e. The normalized spacial score (nSPS) is 17.9. The van der Waals surface area contributed by atoms with E-state index in [2.05, 4.69) is 15.4 Å². The lowest BCUT2D eigenvalue weighted by Crippen LogP contribution is -2.45. The molecule has 2 heterocycles. The highest BCUT2D eigenvalue weighted by atomic mass is 16.5. The van der Waals surface area contributed by atoms with Crippen molar-refractivity contribution in [2.24, 2.45) is 0 Å². The molecule has 1 unspecified atom stereocenters. The molecule has 6 heteroatoms. The van der Waals surface area contributed by atoms with Crippen LogP contribution in [0.2, 0.25) is 0 Å². The number of rotatable bonds is 3. The van der Waals surface area contributed by atoms with Crippen LogP contribution in [0, 0.1) is 0 Å². The Labute approximate surface area is 110 Å². The number of nitrogens with one attached hydrogen (secondary N) is 1. The standard InChI is InChI=1S/C13H14N4O2/c1-19-10-4-2-3-9(7-10)12-5-6-17(12)13(18)11-8-14-16-15-11/h2-4,7-8,12H,5-6H2,1H3,(H,14,15,16). The van der Waals surface area contributed by atoms with Gasteiger partial charge in [0.05, 0.1) is 19.3 Å². The highest BCUT2D eigenvalue weighted by Crippen LogP contribution is 2.35. The maximum atomic E-state index is 12.2. The lowest BCUT2D eigenvalue weighted by Gasteiger charge is -2.40. The third-order valence-electron chi connectivity index (χ3n) is 3.39. The Kier molecular flexibility index (Phi) is 2.91. The predicted octanol–water partition coefficient (Wildman–Crippen LogP) is 1.40. The van der Waals surface area contributed by atoms with Gasteiger partial charge in [0.25, 0.3) is 5.91 Å². The minimum atomic E-state index is -0.0900.